The minimum Gasteiger partial charge on any atom is -0.457 e. The molecule has 0 radical (unpaired) electrons. The lowest BCUT2D eigenvalue weighted by molar-refractivity contribution is -0.384. The molecule has 0 atom stereocenters. The Hall–Kier alpha value is -2.45. The van der Waals surface area contributed by atoms with Crippen LogP contribution < -0.4 is 0 Å². The predicted octanol–water partition coefficient (Wildman–Crippen LogP) is 3.99. The van der Waals surface area contributed by atoms with Gasteiger partial charge in [0.1, 0.15) is 15.8 Å². The van der Waals surface area contributed by atoms with Gasteiger partial charge in [-0.25, -0.2) is 0 Å². The van der Waals surface area contributed by atoms with Crippen molar-refractivity contribution in [1.29, 1.82) is 0 Å². The van der Waals surface area contributed by atoms with Crippen LogP contribution in [0.2, 0.25) is 0 Å². The Balaban J connectivity index is 1.91. The van der Waals surface area contributed by atoms with Gasteiger partial charge in [-0.3, -0.25) is 19.8 Å². The second-order valence-electron chi connectivity index (χ2n) is 5.20. The number of amides is 1. The summed E-state index contributed by atoms with van der Waals surface area (Å²) >= 11 is 6.31. The Labute approximate surface area is 147 Å². The molecule has 1 saturated heterocycles. The molecule has 0 unspecified atom stereocenters. The van der Waals surface area contributed by atoms with Crippen LogP contribution in [0.3, 0.4) is 0 Å². The molecule has 0 aliphatic carbocycles. The van der Waals surface area contributed by atoms with Crippen LogP contribution in [0.5, 0.6) is 0 Å². The summed E-state index contributed by atoms with van der Waals surface area (Å²) in [6.07, 6.45) is 1.65. The van der Waals surface area contributed by atoms with Crippen LogP contribution in [-0.2, 0) is 4.79 Å². The molecule has 6 nitrogen and oxygen atoms in total. The number of carbonyl (C=O) groups excluding carboxylic acids is 1. The van der Waals surface area contributed by atoms with Crippen LogP contribution in [0.1, 0.15) is 11.3 Å². The summed E-state index contributed by atoms with van der Waals surface area (Å²) in [5, 5.41) is 10.8. The SMILES string of the molecule is Cc1cc([N+](=O)[O-])ccc1-c1ccc(/C=C2\SC(=S)N(C)C2=O)o1. The number of nitro benzene ring substituents is 1. The summed E-state index contributed by atoms with van der Waals surface area (Å²) in [6.45, 7) is 1.78. The first kappa shape index (κ1) is 16.4. The van der Waals surface area contributed by atoms with Crippen molar-refractivity contribution in [3.63, 3.8) is 0 Å². The molecule has 2 aromatic rings. The molecule has 0 spiro atoms. The Bertz CT molecular complexity index is 901. The Morgan fingerprint density at radius 3 is 2.67 bits per heavy atom. The van der Waals surface area contributed by atoms with Gasteiger partial charge in [-0.15, -0.1) is 0 Å². The average Bonchev–Trinajstić information content (AvgIpc) is 3.08. The molecule has 122 valence electrons. The number of non-ortho nitro benzene ring substituents is 1. The zero-order valence-electron chi connectivity index (χ0n) is 12.8. The molecule has 1 aromatic carbocycles. The monoisotopic (exact) mass is 360 g/mol. The van der Waals surface area contributed by atoms with E-state index in [1.807, 2.05) is 0 Å². The van der Waals surface area contributed by atoms with Gasteiger partial charge in [0.15, 0.2) is 0 Å². The van der Waals surface area contributed by atoms with E-state index in [2.05, 4.69) is 0 Å². The van der Waals surface area contributed by atoms with Gasteiger partial charge in [0, 0.05) is 30.8 Å². The van der Waals surface area contributed by atoms with Crippen molar-refractivity contribution in [3.05, 3.63) is 56.7 Å². The molecule has 1 aromatic heterocycles. The summed E-state index contributed by atoms with van der Waals surface area (Å²) in [7, 11) is 1.63. The second kappa shape index (κ2) is 6.21. The molecule has 0 saturated carbocycles. The lowest BCUT2D eigenvalue weighted by Gasteiger charge is -2.03. The molecule has 0 N–H and O–H groups in total. The summed E-state index contributed by atoms with van der Waals surface area (Å²) in [5.41, 5.74) is 1.54. The minimum absolute atomic E-state index is 0.0367. The van der Waals surface area contributed by atoms with E-state index in [1.165, 1.54) is 28.8 Å². The van der Waals surface area contributed by atoms with E-state index in [1.54, 1.807) is 38.2 Å². The number of likely N-dealkylation sites (N-methyl/N-ethyl adjacent to an activating group) is 1. The number of thiocarbonyl (C=S) groups is 1. The Morgan fingerprint density at radius 2 is 2.08 bits per heavy atom. The van der Waals surface area contributed by atoms with Gasteiger partial charge < -0.3 is 4.42 Å². The first-order valence-corrected chi connectivity index (χ1v) is 8.16. The molecule has 0 bridgehead atoms. The molecule has 24 heavy (non-hydrogen) atoms. The van der Waals surface area contributed by atoms with Crippen LogP contribution in [0.4, 0.5) is 5.69 Å². The zero-order valence-corrected chi connectivity index (χ0v) is 14.4. The van der Waals surface area contributed by atoms with E-state index in [0.29, 0.717) is 20.7 Å². The number of rotatable bonds is 3. The van der Waals surface area contributed by atoms with Crippen molar-refractivity contribution in [2.24, 2.45) is 0 Å². The van der Waals surface area contributed by atoms with Crippen molar-refractivity contribution in [2.75, 3.05) is 7.05 Å². The highest BCUT2D eigenvalue weighted by Crippen LogP contribution is 2.33. The molecule has 3 rings (SSSR count). The summed E-state index contributed by atoms with van der Waals surface area (Å²) < 4.78 is 6.26. The van der Waals surface area contributed by atoms with E-state index in [4.69, 9.17) is 16.6 Å². The van der Waals surface area contributed by atoms with Crippen LogP contribution in [-0.4, -0.2) is 27.1 Å². The van der Waals surface area contributed by atoms with E-state index >= 15 is 0 Å². The van der Waals surface area contributed by atoms with Gasteiger partial charge in [0.2, 0.25) is 0 Å². The van der Waals surface area contributed by atoms with E-state index < -0.39 is 4.92 Å². The first-order valence-electron chi connectivity index (χ1n) is 6.93. The normalized spacial score (nSPS) is 16.2. The predicted molar refractivity (Wildman–Crippen MR) is 96.5 cm³/mol. The summed E-state index contributed by atoms with van der Waals surface area (Å²) in [6, 6.07) is 8.11. The van der Waals surface area contributed by atoms with Gasteiger partial charge >= 0.3 is 0 Å². The molecule has 1 amide bonds. The standard InChI is InChI=1S/C16H12N2O4S2/c1-9-7-10(18(20)21)3-5-12(9)13-6-4-11(22-13)8-14-15(19)17(2)16(23)24-14/h3-8H,1-2H3/b14-8-. The third kappa shape index (κ3) is 2.98. The topological polar surface area (TPSA) is 76.6 Å². The maximum absolute atomic E-state index is 12.0. The third-order valence-electron chi connectivity index (χ3n) is 3.57. The van der Waals surface area contributed by atoms with Crippen molar-refractivity contribution < 1.29 is 14.1 Å². The second-order valence-corrected chi connectivity index (χ2v) is 6.87. The van der Waals surface area contributed by atoms with Gasteiger partial charge in [-0.2, -0.15) is 0 Å². The number of aryl methyl sites for hydroxylation is 1. The highest BCUT2D eigenvalue weighted by molar-refractivity contribution is 8.26. The van der Waals surface area contributed by atoms with E-state index in [-0.39, 0.29) is 11.6 Å². The van der Waals surface area contributed by atoms with Crippen molar-refractivity contribution in [2.45, 2.75) is 6.92 Å². The first-order chi connectivity index (χ1) is 11.4. The number of carbonyl (C=O) groups is 1. The number of furan rings is 1. The molecular weight excluding hydrogens is 348 g/mol. The number of benzene rings is 1. The average molecular weight is 360 g/mol. The lowest BCUT2D eigenvalue weighted by atomic mass is 10.1. The number of thioether (sulfide) groups is 1. The minimum atomic E-state index is -0.433. The molecule has 1 aliphatic heterocycles. The molecule has 1 fully saturated rings. The number of hydrogen-bond donors (Lipinski definition) is 0. The fourth-order valence-electron chi connectivity index (χ4n) is 2.29. The number of nitrogens with zero attached hydrogens (tertiary/aromatic N) is 2. The highest BCUT2D eigenvalue weighted by Gasteiger charge is 2.29. The van der Waals surface area contributed by atoms with Crippen molar-refractivity contribution in [1.82, 2.24) is 4.90 Å². The Morgan fingerprint density at radius 1 is 1.33 bits per heavy atom. The largest absolute Gasteiger partial charge is 0.457 e. The van der Waals surface area contributed by atoms with Crippen LogP contribution >= 0.6 is 24.0 Å². The van der Waals surface area contributed by atoms with Crippen LogP contribution in [0.15, 0.2) is 39.7 Å². The molecule has 8 heteroatoms. The molecular formula is C16H12N2O4S2. The molecule has 2 heterocycles. The number of hydrogen-bond acceptors (Lipinski definition) is 6. The van der Waals surface area contributed by atoms with E-state index in [9.17, 15) is 14.9 Å². The van der Waals surface area contributed by atoms with Gasteiger partial charge in [-0.05, 0) is 30.7 Å². The lowest BCUT2D eigenvalue weighted by Crippen LogP contribution is -2.22. The van der Waals surface area contributed by atoms with Crippen molar-refractivity contribution in [3.8, 4) is 11.3 Å². The fraction of sp³-hybridized carbons (Fsp3) is 0.125. The maximum Gasteiger partial charge on any atom is 0.269 e. The van der Waals surface area contributed by atoms with Gasteiger partial charge in [0.25, 0.3) is 11.6 Å². The molecule has 1 aliphatic rings. The summed E-state index contributed by atoms with van der Waals surface area (Å²) in [5.74, 6) is 0.951. The maximum atomic E-state index is 12.0. The van der Waals surface area contributed by atoms with Crippen molar-refractivity contribution >= 4 is 46.0 Å². The number of nitro groups is 1. The summed E-state index contributed by atoms with van der Waals surface area (Å²) in [4.78, 5) is 24.3. The van der Waals surface area contributed by atoms with Crippen LogP contribution in [0.25, 0.3) is 17.4 Å². The van der Waals surface area contributed by atoms with Gasteiger partial charge in [-0.1, -0.05) is 24.0 Å². The quantitative estimate of drug-likeness (QED) is 0.356. The van der Waals surface area contributed by atoms with Crippen LogP contribution in [0, 0.1) is 17.0 Å². The Kier molecular flexibility index (Phi) is 4.25. The smallest absolute Gasteiger partial charge is 0.269 e. The third-order valence-corrected chi connectivity index (χ3v) is 5.06. The highest BCUT2D eigenvalue weighted by atomic mass is 32.2. The fourth-order valence-corrected chi connectivity index (χ4v) is 3.45. The zero-order chi connectivity index (χ0) is 17.4. The van der Waals surface area contributed by atoms with Gasteiger partial charge in [0.05, 0.1) is 9.83 Å². The van der Waals surface area contributed by atoms with E-state index in [0.717, 1.165) is 11.1 Å².